The summed E-state index contributed by atoms with van der Waals surface area (Å²) in [7, 11) is 0. The third-order valence-corrected chi connectivity index (χ3v) is 2.57. The van der Waals surface area contributed by atoms with Gasteiger partial charge in [0.15, 0.2) is 0 Å². The molecule has 0 aromatic carbocycles. The number of halogens is 3. The molecule has 0 amide bonds. The van der Waals surface area contributed by atoms with Crippen molar-refractivity contribution in [3.8, 4) is 0 Å². The lowest BCUT2D eigenvalue weighted by Crippen LogP contribution is -2.45. The van der Waals surface area contributed by atoms with Crippen LogP contribution in [0, 0.1) is 0 Å². The van der Waals surface area contributed by atoms with Crippen molar-refractivity contribution in [3.63, 3.8) is 0 Å². The fourth-order valence-electron chi connectivity index (χ4n) is 1.70. The van der Waals surface area contributed by atoms with E-state index in [0.29, 0.717) is 25.3 Å². The molecule has 15 heavy (non-hydrogen) atoms. The predicted octanol–water partition coefficient (Wildman–Crippen LogP) is 2.49. The van der Waals surface area contributed by atoms with Crippen molar-refractivity contribution in [2.75, 3.05) is 13.2 Å². The molecule has 1 aliphatic rings. The maximum Gasteiger partial charge on any atom is 0.389 e. The first-order valence-electron chi connectivity index (χ1n) is 5.43. The van der Waals surface area contributed by atoms with E-state index in [1.807, 2.05) is 6.92 Å². The van der Waals surface area contributed by atoms with Gasteiger partial charge < -0.3 is 10.1 Å². The number of alkyl halides is 3. The highest BCUT2D eigenvalue weighted by Gasteiger charge is 2.30. The Hall–Kier alpha value is -0.290. The molecule has 0 aromatic rings. The van der Waals surface area contributed by atoms with E-state index < -0.39 is 12.6 Å². The summed E-state index contributed by atoms with van der Waals surface area (Å²) in [5.41, 5.74) is 0. The number of hydrogen-bond donors (Lipinski definition) is 1. The molecule has 1 rings (SSSR count). The number of ether oxygens (including phenoxy) is 1. The van der Waals surface area contributed by atoms with Gasteiger partial charge in [-0.05, 0) is 32.7 Å². The Morgan fingerprint density at radius 2 is 2.00 bits per heavy atom. The minimum absolute atomic E-state index is 0.166. The Balaban J connectivity index is 1.91. The van der Waals surface area contributed by atoms with Gasteiger partial charge in [-0.1, -0.05) is 0 Å². The molecule has 0 spiro atoms. The Morgan fingerprint density at radius 3 is 2.53 bits per heavy atom. The second-order valence-corrected chi connectivity index (χ2v) is 3.92. The van der Waals surface area contributed by atoms with Crippen LogP contribution in [0.2, 0.25) is 0 Å². The molecule has 0 heterocycles. The molecule has 0 aromatic heterocycles. The van der Waals surface area contributed by atoms with Crippen molar-refractivity contribution in [2.24, 2.45) is 0 Å². The molecule has 1 fully saturated rings. The highest BCUT2D eigenvalue weighted by atomic mass is 19.4. The predicted molar refractivity (Wildman–Crippen MR) is 51.7 cm³/mol. The van der Waals surface area contributed by atoms with Gasteiger partial charge in [-0.15, -0.1) is 0 Å². The van der Waals surface area contributed by atoms with Gasteiger partial charge in [-0.2, -0.15) is 13.2 Å². The number of nitrogens with one attached hydrogen (secondary N) is 1. The molecule has 0 bridgehead atoms. The third-order valence-electron chi connectivity index (χ3n) is 2.57. The van der Waals surface area contributed by atoms with E-state index in [1.54, 1.807) is 0 Å². The lowest BCUT2D eigenvalue weighted by atomic mass is 9.89. The van der Waals surface area contributed by atoms with Crippen molar-refractivity contribution in [3.05, 3.63) is 0 Å². The molecular formula is C10H18F3NO. The molecule has 0 aliphatic heterocycles. The largest absolute Gasteiger partial charge is 0.389 e. The van der Waals surface area contributed by atoms with E-state index in [1.165, 1.54) is 0 Å². The van der Waals surface area contributed by atoms with Crippen molar-refractivity contribution in [1.82, 2.24) is 5.32 Å². The summed E-state index contributed by atoms with van der Waals surface area (Å²) in [5.74, 6) is 0. The van der Waals surface area contributed by atoms with Gasteiger partial charge in [-0.3, -0.25) is 0 Å². The van der Waals surface area contributed by atoms with E-state index >= 15 is 0 Å². The van der Waals surface area contributed by atoms with E-state index in [0.717, 1.165) is 12.8 Å². The van der Waals surface area contributed by atoms with Gasteiger partial charge >= 0.3 is 6.18 Å². The second-order valence-electron chi connectivity index (χ2n) is 3.92. The Morgan fingerprint density at radius 1 is 1.33 bits per heavy atom. The zero-order valence-electron chi connectivity index (χ0n) is 8.94. The summed E-state index contributed by atoms with van der Waals surface area (Å²) >= 11 is 0. The maximum absolute atomic E-state index is 11.8. The fourth-order valence-corrected chi connectivity index (χ4v) is 1.70. The topological polar surface area (TPSA) is 21.3 Å². The fraction of sp³-hybridized carbons (Fsp3) is 1.00. The van der Waals surface area contributed by atoms with Crippen molar-refractivity contribution >= 4 is 0 Å². The Bertz CT molecular complexity index is 178. The molecule has 0 atom stereocenters. The smallest absolute Gasteiger partial charge is 0.378 e. The minimum atomic E-state index is -4.02. The van der Waals surface area contributed by atoms with E-state index in [2.05, 4.69) is 5.32 Å². The van der Waals surface area contributed by atoms with Gasteiger partial charge in [0, 0.05) is 19.1 Å². The molecule has 90 valence electrons. The summed E-state index contributed by atoms with van der Waals surface area (Å²) in [6, 6.07) is 0.356. The average molecular weight is 225 g/mol. The van der Waals surface area contributed by atoms with Crippen molar-refractivity contribution in [1.29, 1.82) is 0 Å². The molecule has 2 nitrogen and oxygen atoms in total. The summed E-state index contributed by atoms with van der Waals surface area (Å²) in [6.07, 6.45) is -2.37. The first kappa shape index (κ1) is 12.8. The molecule has 1 aliphatic carbocycles. The molecule has 0 unspecified atom stereocenters. The van der Waals surface area contributed by atoms with Gasteiger partial charge in [0.2, 0.25) is 0 Å². The van der Waals surface area contributed by atoms with Crippen LogP contribution < -0.4 is 5.32 Å². The summed E-state index contributed by atoms with van der Waals surface area (Å²) in [4.78, 5) is 0. The number of rotatable bonds is 6. The van der Waals surface area contributed by atoms with Crippen LogP contribution in [0.25, 0.3) is 0 Å². The van der Waals surface area contributed by atoms with Gasteiger partial charge in [0.25, 0.3) is 0 Å². The molecule has 0 saturated heterocycles. The van der Waals surface area contributed by atoms with Crippen LogP contribution in [-0.4, -0.2) is 31.5 Å². The molecule has 0 radical (unpaired) electrons. The molecule has 5 heteroatoms. The molecular weight excluding hydrogens is 207 g/mol. The van der Waals surface area contributed by atoms with Crippen LogP contribution in [0.5, 0.6) is 0 Å². The minimum Gasteiger partial charge on any atom is -0.378 e. The standard InChI is InChI=1S/C10H18F3NO/c1-2-15-9-6-8(7-9)14-5-3-4-10(11,12)13/h8-9,14H,2-7H2,1H3. The van der Waals surface area contributed by atoms with Gasteiger partial charge in [-0.25, -0.2) is 0 Å². The van der Waals surface area contributed by atoms with Crippen molar-refractivity contribution in [2.45, 2.75) is 50.9 Å². The number of hydrogen-bond acceptors (Lipinski definition) is 2. The van der Waals surface area contributed by atoms with Gasteiger partial charge in [0.05, 0.1) is 6.10 Å². The first-order chi connectivity index (χ1) is 7.01. The normalized spacial score (nSPS) is 26.4. The zero-order valence-corrected chi connectivity index (χ0v) is 8.94. The van der Waals surface area contributed by atoms with Crippen LogP contribution in [0.1, 0.15) is 32.6 Å². The summed E-state index contributed by atoms with van der Waals surface area (Å²) < 4.78 is 40.7. The highest BCUT2D eigenvalue weighted by molar-refractivity contribution is 4.85. The van der Waals surface area contributed by atoms with Crippen LogP contribution in [-0.2, 0) is 4.74 Å². The third kappa shape index (κ3) is 5.37. The molecule has 1 N–H and O–H groups in total. The highest BCUT2D eigenvalue weighted by Crippen LogP contribution is 2.24. The van der Waals surface area contributed by atoms with Crippen LogP contribution in [0.4, 0.5) is 13.2 Å². The second kappa shape index (κ2) is 5.70. The van der Waals surface area contributed by atoms with Crippen molar-refractivity contribution < 1.29 is 17.9 Å². The molecule has 1 saturated carbocycles. The van der Waals surface area contributed by atoms with Crippen LogP contribution in [0.15, 0.2) is 0 Å². The van der Waals surface area contributed by atoms with E-state index in [4.69, 9.17) is 4.74 Å². The Labute approximate surface area is 88.2 Å². The quantitative estimate of drug-likeness (QED) is 0.701. The zero-order chi connectivity index (χ0) is 11.3. The van der Waals surface area contributed by atoms with Gasteiger partial charge in [0.1, 0.15) is 0 Å². The van der Waals surface area contributed by atoms with E-state index in [9.17, 15) is 13.2 Å². The SMILES string of the molecule is CCOC1CC(NCCCC(F)(F)F)C1. The lowest BCUT2D eigenvalue weighted by molar-refractivity contribution is -0.135. The summed E-state index contributed by atoms with van der Waals surface area (Å²) in [6.45, 7) is 3.11. The monoisotopic (exact) mass is 225 g/mol. The average Bonchev–Trinajstić information content (AvgIpc) is 2.05. The first-order valence-corrected chi connectivity index (χ1v) is 5.43. The van der Waals surface area contributed by atoms with Crippen LogP contribution >= 0.6 is 0 Å². The van der Waals surface area contributed by atoms with Crippen LogP contribution in [0.3, 0.4) is 0 Å². The summed E-state index contributed by atoms with van der Waals surface area (Å²) in [5, 5.41) is 3.10. The van der Waals surface area contributed by atoms with E-state index in [-0.39, 0.29) is 6.42 Å². The Kier molecular flexibility index (Phi) is 4.86. The maximum atomic E-state index is 11.8. The lowest BCUT2D eigenvalue weighted by Gasteiger charge is -2.35.